The predicted molar refractivity (Wildman–Crippen MR) is 125 cm³/mol. The minimum Gasteiger partial charge on any atom is -0.495 e. The topological polar surface area (TPSA) is 79.5 Å². The molecule has 0 fully saturated rings. The zero-order chi connectivity index (χ0) is 22.1. The first-order valence-corrected chi connectivity index (χ1v) is 10.2. The van der Waals surface area contributed by atoms with E-state index >= 15 is 0 Å². The summed E-state index contributed by atoms with van der Waals surface area (Å²) in [5, 5.41) is 9.15. The number of hydrogen-bond donors (Lipinski definition) is 3. The summed E-state index contributed by atoms with van der Waals surface area (Å²) in [7, 11) is 1.54. The Labute approximate surface area is 186 Å². The fourth-order valence-corrected chi connectivity index (χ4v) is 3.18. The standard InChI is InChI=1S/C24H24ClN3O3/c1-31-22-13-12-20(15-21(22)25)26-16-24(30)28-19-10-8-18(9-11-19)27-23(29)14-7-17-5-3-2-4-6-17/h2-6,8-13,15,26H,7,14,16H2,1H3,(H,27,29)(H,28,30). The molecule has 2 amide bonds. The van der Waals surface area contributed by atoms with Crippen LogP contribution in [-0.2, 0) is 16.0 Å². The number of anilines is 3. The molecule has 160 valence electrons. The maximum absolute atomic E-state index is 12.2. The Bertz CT molecular complexity index is 1020. The van der Waals surface area contributed by atoms with Crippen LogP contribution < -0.4 is 20.7 Å². The third-order valence-corrected chi connectivity index (χ3v) is 4.84. The van der Waals surface area contributed by atoms with Gasteiger partial charge in [0, 0.05) is 23.5 Å². The van der Waals surface area contributed by atoms with Gasteiger partial charge in [0.25, 0.3) is 0 Å². The summed E-state index contributed by atoms with van der Waals surface area (Å²) in [6.07, 6.45) is 1.09. The second kappa shape index (κ2) is 11.0. The van der Waals surface area contributed by atoms with Gasteiger partial charge in [0.05, 0.1) is 18.7 Å². The highest BCUT2D eigenvalue weighted by molar-refractivity contribution is 6.32. The summed E-state index contributed by atoms with van der Waals surface area (Å²) in [6.45, 7) is 0.0840. The number of nitrogens with one attached hydrogen (secondary N) is 3. The summed E-state index contributed by atoms with van der Waals surface area (Å²) in [4.78, 5) is 24.3. The average Bonchev–Trinajstić information content (AvgIpc) is 2.78. The van der Waals surface area contributed by atoms with Crippen LogP contribution in [0.1, 0.15) is 12.0 Å². The van der Waals surface area contributed by atoms with Crippen LogP contribution in [0.15, 0.2) is 72.8 Å². The second-order valence-corrected chi connectivity index (χ2v) is 7.27. The van der Waals surface area contributed by atoms with Crippen molar-refractivity contribution in [1.29, 1.82) is 0 Å². The minimum atomic E-state index is -0.202. The summed E-state index contributed by atoms with van der Waals surface area (Å²) < 4.78 is 5.11. The molecule has 0 aliphatic carbocycles. The molecule has 0 aliphatic heterocycles. The molecule has 0 spiro atoms. The summed E-state index contributed by atoms with van der Waals surface area (Å²) in [6, 6.07) is 22.1. The van der Waals surface area contributed by atoms with E-state index in [4.69, 9.17) is 16.3 Å². The SMILES string of the molecule is COc1ccc(NCC(=O)Nc2ccc(NC(=O)CCc3ccccc3)cc2)cc1Cl. The molecular weight excluding hydrogens is 414 g/mol. The van der Waals surface area contributed by atoms with Gasteiger partial charge in [-0.2, -0.15) is 0 Å². The molecule has 0 atom stereocenters. The number of carbonyl (C=O) groups excluding carboxylic acids is 2. The zero-order valence-electron chi connectivity index (χ0n) is 17.2. The van der Waals surface area contributed by atoms with Crippen molar-refractivity contribution in [2.45, 2.75) is 12.8 Å². The van der Waals surface area contributed by atoms with Gasteiger partial charge in [-0.3, -0.25) is 9.59 Å². The lowest BCUT2D eigenvalue weighted by molar-refractivity contribution is -0.116. The number of rotatable bonds is 9. The first-order chi connectivity index (χ1) is 15.0. The molecule has 0 unspecified atom stereocenters. The van der Waals surface area contributed by atoms with Crippen molar-refractivity contribution in [1.82, 2.24) is 0 Å². The Morgan fingerprint density at radius 1 is 0.839 bits per heavy atom. The molecular formula is C24H24ClN3O3. The van der Waals surface area contributed by atoms with Gasteiger partial charge in [-0.25, -0.2) is 0 Å². The van der Waals surface area contributed by atoms with Crippen LogP contribution in [-0.4, -0.2) is 25.5 Å². The number of amides is 2. The van der Waals surface area contributed by atoms with Gasteiger partial charge < -0.3 is 20.7 Å². The van der Waals surface area contributed by atoms with Gasteiger partial charge in [-0.05, 0) is 54.4 Å². The van der Waals surface area contributed by atoms with Crippen LogP contribution >= 0.6 is 11.6 Å². The fraction of sp³-hybridized carbons (Fsp3) is 0.167. The second-order valence-electron chi connectivity index (χ2n) is 6.86. The zero-order valence-corrected chi connectivity index (χ0v) is 17.9. The summed E-state index contributed by atoms with van der Waals surface area (Å²) in [5.74, 6) is 0.318. The Kier molecular flexibility index (Phi) is 7.90. The van der Waals surface area contributed by atoms with E-state index in [1.54, 1.807) is 49.6 Å². The van der Waals surface area contributed by atoms with Crippen molar-refractivity contribution in [2.75, 3.05) is 29.6 Å². The maximum Gasteiger partial charge on any atom is 0.243 e. The largest absolute Gasteiger partial charge is 0.495 e. The third-order valence-electron chi connectivity index (χ3n) is 4.54. The molecule has 0 radical (unpaired) electrons. The lowest BCUT2D eigenvalue weighted by Gasteiger charge is -2.10. The first-order valence-electron chi connectivity index (χ1n) is 9.84. The Morgan fingerprint density at radius 3 is 2.06 bits per heavy atom. The molecule has 0 bridgehead atoms. The lowest BCUT2D eigenvalue weighted by atomic mass is 10.1. The van der Waals surface area contributed by atoms with Gasteiger partial charge in [-0.1, -0.05) is 41.9 Å². The highest BCUT2D eigenvalue weighted by atomic mass is 35.5. The molecule has 3 rings (SSSR count). The third kappa shape index (κ3) is 7.04. The monoisotopic (exact) mass is 437 g/mol. The van der Waals surface area contributed by atoms with Gasteiger partial charge >= 0.3 is 0 Å². The highest BCUT2D eigenvalue weighted by Gasteiger charge is 2.07. The van der Waals surface area contributed by atoms with Crippen LogP contribution in [0.25, 0.3) is 0 Å². The average molecular weight is 438 g/mol. The van der Waals surface area contributed by atoms with Gasteiger partial charge in [0.15, 0.2) is 0 Å². The fourth-order valence-electron chi connectivity index (χ4n) is 2.93. The van der Waals surface area contributed by atoms with Crippen molar-refractivity contribution < 1.29 is 14.3 Å². The number of aryl methyl sites for hydroxylation is 1. The first kappa shape index (κ1) is 22.2. The number of carbonyl (C=O) groups is 2. The Balaban J connectivity index is 1.43. The molecule has 0 saturated carbocycles. The number of halogens is 1. The molecule has 31 heavy (non-hydrogen) atoms. The molecule has 6 nitrogen and oxygen atoms in total. The van der Waals surface area contributed by atoms with Crippen molar-refractivity contribution >= 4 is 40.5 Å². The summed E-state index contributed by atoms with van der Waals surface area (Å²) in [5.41, 5.74) is 3.17. The summed E-state index contributed by atoms with van der Waals surface area (Å²) >= 11 is 6.08. The highest BCUT2D eigenvalue weighted by Crippen LogP contribution is 2.27. The van der Waals surface area contributed by atoms with Crippen molar-refractivity contribution in [3.05, 3.63) is 83.4 Å². The maximum atomic E-state index is 12.2. The number of ether oxygens (including phenoxy) is 1. The van der Waals surface area contributed by atoms with Crippen molar-refractivity contribution in [3.63, 3.8) is 0 Å². The quantitative estimate of drug-likeness (QED) is 0.441. The van der Waals surface area contributed by atoms with Crippen LogP contribution in [0.5, 0.6) is 5.75 Å². The van der Waals surface area contributed by atoms with Crippen LogP contribution in [0.4, 0.5) is 17.1 Å². The molecule has 7 heteroatoms. The van der Waals surface area contributed by atoms with E-state index in [2.05, 4.69) is 16.0 Å². The molecule has 3 aromatic carbocycles. The lowest BCUT2D eigenvalue weighted by Crippen LogP contribution is -2.21. The van der Waals surface area contributed by atoms with E-state index in [9.17, 15) is 9.59 Å². The van der Waals surface area contributed by atoms with Crippen LogP contribution in [0.2, 0.25) is 5.02 Å². The number of benzene rings is 3. The Hall–Kier alpha value is -3.51. The predicted octanol–water partition coefficient (Wildman–Crippen LogP) is 4.97. The van der Waals surface area contributed by atoms with E-state index in [1.165, 1.54) is 0 Å². The normalized spacial score (nSPS) is 10.3. The molecule has 3 N–H and O–H groups in total. The molecule has 0 aliphatic rings. The Morgan fingerprint density at radius 2 is 1.45 bits per heavy atom. The van der Waals surface area contributed by atoms with Crippen molar-refractivity contribution in [2.24, 2.45) is 0 Å². The van der Waals surface area contributed by atoms with Crippen LogP contribution in [0, 0.1) is 0 Å². The molecule has 0 saturated heterocycles. The van der Waals surface area contributed by atoms with Gasteiger partial charge in [0.1, 0.15) is 5.75 Å². The minimum absolute atomic E-state index is 0.0528. The van der Waals surface area contributed by atoms with Crippen molar-refractivity contribution in [3.8, 4) is 5.75 Å². The molecule has 0 heterocycles. The van der Waals surface area contributed by atoms with E-state index < -0.39 is 0 Å². The van der Waals surface area contributed by atoms with Gasteiger partial charge in [0.2, 0.25) is 11.8 Å². The number of hydrogen-bond acceptors (Lipinski definition) is 4. The van der Waals surface area contributed by atoms with E-state index in [-0.39, 0.29) is 18.4 Å². The smallest absolute Gasteiger partial charge is 0.243 e. The van der Waals surface area contributed by atoms with E-state index in [0.29, 0.717) is 35.0 Å². The molecule has 0 aromatic heterocycles. The molecule has 3 aromatic rings. The number of methoxy groups -OCH3 is 1. The van der Waals surface area contributed by atoms with E-state index in [1.807, 2.05) is 30.3 Å². The van der Waals surface area contributed by atoms with E-state index in [0.717, 1.165) is 11.3 Å². The van der Waals surface area contributed by atoms with Gasteiger partial charge in [-0.15, -0.1) is 0 Å². The van der Waals surface area contributed by atoms with Crippen LogP contribution in [0.3, 0.4) is 0 Å².